The normalized spacial score (nSPS) is 20.7. The maximum absolute atomic E-state index is 12.8. The molecule has 0 unspecified atom stereocenters. The Labute approximate surface area is 159 Å². The Kier molecular flexibility index (Phi) is 5.84. The van der Waals surface area contributed by atoms with Gasteiger partial charge in [-0.15, -0.1) is 0 Å². The molecule has 8 nitrogen and oxygen atoms in total. The van der Waals surface area contributed by atoms with Gasteiger partial charge in [0.15, 0.2) is 9.84 Å². The lowest BCUT2D eigenvalue weighted by Gasteiger charge is -2.30. The molecule has 0 aromatic carbocycles. The quantitative estimate of drug-likeness (QED) is 0.829. The number of carbonyl (C=O) groups excluding carboxylic acids is 1. The number of pyridine rings is 1. The molecular weight excluding hydrogens is 372 g/mol. The number of nitrogens with zero attached hydrogens (tertiary/aromatic N) is 2. The fourth-order valence-electron chi connectivity index (χ4n) is 3.03. The van der Waals surface area contributed by atoms with Gasteiger partial charge in [0.05, 0.1) is 27.8 Å². The minimum atomic E-state index is -3.71. The predicted molar refractivity (Wildman–Crippen MR) is 98.0 cm³/mol. The molecule has 0 radical (unpaired) electrons. The summed E-state index contributed by atoms with van der Waals surface area (Å²) < 4.78 is 30.9. The number of aromatic nitrogens is 1. The van der Waals surface area contributed by atoms with Crippen molar-refractivity contribution in [1.29, 1.82) is 0 Å². The van der Waals surface area contributed by atoms with Crippen LogP contribution in [0, 0.1) is 5.92 Å². The second-order valence-corrected chi connectivity index (χ2v) is 10.3. The molecule has 1 aromatic heterocycles. The molecule has 150 valence electrons. The first-order valence-corrected chi connectivity index (χ1v) is 10.3. The van der Waals surface area contributed by atoms with E-state index in [9.17, 15) is 23.1 Å². The van der Waals surface area contributed by atoms with Crippen molar-refractivity contribution in [1.82, 2.24) is 9.88 Å². The number of rotatable bonds is 4. The van der Waals surface area contributed by atoms with Crippen LogP contribution >= 0.6 is 0 Å². The van der Waals surface area contributed by atoms with Crippen molar-refractivity contribution in [2.75, 3.05) is 6.54 Å². The van der Waals surface area contributed by atoms with Crippen molar-refractivity contribution in [3.8, 4) is 0 Å². The molecule has 0 bridgehead atoms. The van der Waals surface area contributed by atoms with Crippen LogP contribution < -0.4 is 0 Å². The summed E-state index contributed by atoms with van der Waals surface area (Å²) in [6, 6.07) is 1.88. The first-order chi connectivity index (χ1) is 12.4. The molecule has 1 N–H and O–H groups in total. The Hall–Kier alpha value is -2.16. The van der Waals surface area contributed by atoms with E-state index in [4.69, 9.17) is 4.74 Å². The van der Waals surface area contributed by atoms with Gasteiger partial charge in [-0.3, -0.25) is 14.7 Å². The van der Waals surface area contributed by atoms with Crippen molar-refractivity contribution < 1.29 is 27.9 Å². The second kappa shape index (κ2) is 7.46. The lowest BCUT2D eigenvalue weighted by atomic mass is 9.97. The molecule has 1 fully saturated rings. The molecule has 2 atom stereocenters. The van der Waals surface area contributed by atoms with E-state index in [-0.39, 0.29) is 23.6 Å². The van der Waals surface area contributed by atoms with Crippen molar-refractivity contribution in [3.05, 3.63) is 24.0 Å². The summed E-state index contributed by atoms with van der Waals surface area (Å²) in [7, 11) is -3.71. The maximum Gasteiger partial charge on any atom is 0.410 e. The molecular formula is C18H26N2O6S. The lowest BCUT2D eigenvalue weighted by molar-refractivity contribution is -0.142. The van der Waals surface area contributed by atoms with Crippen LogP contribution in [0.2, 0.25) is 0 Å². The summed E-state index contributed by atoms with van der Waals surface area (Å²) in [6.45, 7) is 8.36. The van der Waals surface area contributed by atoms with Gasteiger partial charge in [-0.1, -0.05) is 0 Å². The van der Waals surface area contributed by atoms with Gasteiger partial charge in [-0.25, -0.2) is 13.2 Å². The number of carbonyl (C=O) groups is 2. The number of sulfone groups is 1. The summed E-state index contributed by atoms with van der Waals surface area (Å²) in [5.74, 6) is -2.07. The fraction of sp³-hybridized carbons (Fsp3) is 0.611. The lowest BCUT2D eigenvalue weighted by Crippen LogP contribution is -2.39. The average Bonchev–Trinajstić information content (AvgIpc) is 2.98. The van der Waals surface area contributed by atoms with E-state index in [1.807, 2.05) is 0 Å². The summed E-state index contributed by atoms with van der Waals surface area (Å²) >= 11 is 0. The molecule has 27 heavy (non-hydrogen) atoms. The van der Waals surface area contributed by atoms with Crippen LogP contribution in [0.25, 0.3) is 0 Å². The smallest absolute Gasteiger partial charge is 0.410 e. The Morgan fingerprint density at radius 3 is 2.48 bits per heavy atom. The zero-order valence-corrected chi connectivity index (χ0v) is 17.0. The van der Waals surface area contributed by atoms with Crippen LogP contribution in [0.15, 0.2) is 23.2 Å². The summed E-state index contributed by atoms with van der Waals surface area (Å²) in [4.78, 5) is 29.8. The second-order valence-electron chi connectivity index (χ2n) is 7.83. The Morgan fingerprint density at radius 2 is 1.96 bits per heavy atom. The summed E-state index contributed by atoms with van der Waals surface area (Å²) in [6.07, 6.45) is 0.908. The number of ether oxygens (including phenoxy) is 1. The molecule has 0 saturated carbocycles. The Morgan fingerprint density at radius 1 is 1.33 bits per heavy atom. The predicted octanol–water partition coefficient (Wildman–Crippen LogP) is 2.65. The van der Waals surface area contributed by atoms with Crippen LogP contribution in [-0.4, -0.2) is 52.9 Å². The third-order valence-corrected chi connectivity index (χ3v) is 6.55. The van der Waals surface area contributed by atoms with Crippen LogP contribution in [0.1, 0.15) is 52.8 Å². The maximum atomic E-state index is 12.8. The van der Waals surface area contributed by atoms with Crippen molar-refractivity contribution in [2.24, 2.45) is 5.92 Å². The number of carboxylic acid groups (broad SMARTS) is 1. The van der Waals surface area contributed by atoms with Crippen LogP contribution in [-0.2, 0) is 19.4 Å². The van der Waals surface area contributed by atoms with Gasteiger partial charge in [0.1, 0.15) is 5.60 Å². The summed E-state index contributed by atoms with van der Waals surface area (Å²) in [5.41, 5.74) is -0.693. The van der Waals surface area contributed by atoms with Gasteiger partial charge in [0.25, 0.3) is 0 Å². The molecule has 2 heterocycles. The van der Waals surface area contributed by atoms with Crippen molar-refractivity contribution >= 4 is 21.9 Å². The molecule has 0 spiro atoms. The monoisotopic (exact) mass is 398 g/mol. The van der Waals surface area contributed by atoms with Crippen LogP contribution in [0.4, 0.5) is 4.79 Å². The molecule has 1 amide bonds. The number of amides is 1. The molecule has 9 heteroatoms. The third-order valence-electron chi connectivity index (χ3n) is 4.35. The minimum Gasteiger partial charge on any atom is -0.481 e. The fourth-order valence-corrected chi connectivity index (χ4v) is 4.27. The van der Waals surface area contributed by atoms with E-state index < -0.39 is 44.7 Å². The number of carboxylic acids is 1. The van der Waals surface area contributed by atoms with E-state index in [1.54, 1.807) is 34.6 Å². The number of aliphatic carboxylic acids is 1. The van der Waals surface area contributed by atoms with Gasteiger partial charge < -0.3 is 9.84 Å². The molecule has 0 aliphatic carbocycles. The average molecular weight is 398 g/mol. The topological polar surface area (TPSA) is 114 Å². The van der Waals surface area contributed by atoms with E-state index >= 15 is 0 Å². The minimum absolute atomic E-state index is 0.0493. The molecule has 1 saturated heterocycles. The first kappa shape index (κ1) is 21.1. The molecule has 1 aliphatic rings. The van der Waals surface area contributed by atoms with Crippen molar-refractivity contribution in [3.63, 3.8) is 0 Å². The Bertz CT molecular complexity index is 828. The number of hydrogen-bond acceptors (Lipinski definition) is 6. The van der Waals surface area contributed by atoms with Gasteiger partial charge in [0, 0.05) is 12.7 Å². The standard InChI is InChI=1S/C18H26N2O6S/c1-11(2)27(24,25)13-7-6-9-19-14(13)15-12(16(21)22)8-10-20(15)17(23)26-18(3,4)5/h6-7,9,11-12,15H,8,10H2,1-5H3,(H,21,22)/t12-,15-/m1/s1. The van der Waals surface area contributed by atoms with Crippen LogP contribution in [0.3, 0.4) is 0 Å². The van der Waals surface area contributed by atoms with E-state index in [0.717, 1.165) is 0 Å². The molecule has 1 aliphatic heterocycles. The third kappa shape index (κ3) is 4.40. The number of likely N-dealkylation sites (tertiary alicyclic amines) is 1. The highest BCUT2D eigenvalue weighted by molar-refractivity contribution is 7.92. The van der Waals surface area contributed by atoms with E-state index in [1.165, 1.54) is 23.2 Å². The summed E-state index contributed by atoms with van der Waals surface area (Å²) in [5, 5.41) is 8.92. The Balaban J connectivity index is 2.57. The highest BCUT2D eigenvalue weighted by Gasteiger charge is 2.46. The highest BCUT2D eigenvalue weighted by atomic mass is 32.2. The molecule has 2 rings (SSSR count). The highest BCUT2D eigenvalue weighted by Crippen LogP contribution is 2.40. The number of hydrogen-bond donors (Lipinski definition) is 1. The van der Waals surface area contributed by atoms with E-state index in [2.05, 4.69) is 4.98 Å². The largest absolute Gasteiger partial charge is 0.481 e. The van der Waals surface area contributed by atoms with Crippen LogP contribution in [0.5, 0.6) is 0 Å². The first-order valence-electron chi connectivity index (χ1n) is 8.77. The van der Waals surface area contributed by atoms with Crippen molar-refractivity contribution in [2.45, 2.75) is 62.8 Å². The van der Waals surface area contributed by atoms with Gasteiger partial charge >= 0.3 is 12.1 Å². The van der Waals surface area contributed by atoms with Gasteiger partial charge in [-0.2, -0.15) is 0 Å². The zero-order chi connectivity index (χ0) is 20.6. The van der Waals surface area contributed by atoms with E-state index in [0.29, 0.717) is 0 Å². The van der Waals surface area contributed by atoms with Gasteiger partial charge in [-0.05, 0) is 53.2 Å². The SMILES string of the molecule is CC(C)S(=O)(=O)c1cccnc1[C@H]1[C@H](C(=O)O)CCN1C(=O)OC(C)(C)C. The molecule has 1 aromatic rings. The zero-order valence-electron chi connectivity index (χ0n) is 16.2. The van der Waals surface area contributed by atoms with Gasteiger partial charge in [0.2, 0.25) is 0 Å².